The Morgan fingerprint density at radius 1 is 0.905 bits per heavy atom. The van der Waals surface area contributed by atoms with E-state index >= 15 is 0 Å². The number of nitrogens with one attached hydrogen (secondary N) is 1. The van der Waals surface area contributed by atoms with Crippen molar-refractivity contribution in [2.24, 2.45) is 0 Å². The van der Waals surface area contributed by atoms with Gasteiger partial charge in [0, 0.05) is 17.8 Å². The molecule has 0 fully saturated rings. The lowest BCUT2D eigenvalue weighted by atomic mass is 10.0. The molecule has 0 heterocycles. The summed E-state index contributed by atoms with van der Waals surface area (Å²) in [6.45, 7) is 9.32. The lowest BCUT2D eigenvalue weighted by molar-refractivity contribution is 0.240. The third-order valence-electron chi connectivity index (χ3n) is 3.39. The molecule has 0 spiro atoms. The molecule has 2 rings (SSSR count). The van der Waals surface area contributed by atoms with E-state index < -0.39 is 0 Å². The fraction of sp³-hybridized carbons (Fsp3) is 0.368. The Hall–Kier alpha value is -1.96. The van der Waals surface area contributed by atoms with E-state index in [1.165, 1.54) is 16.8 Å². The van der Waals surface area contributed by atoms with E-state index in [9.17, 15) is 0 Å². The van der Waals surface area contributed by atoms with Crippen LogP contribution < -0.4 is 10.1 Å². The molecular formula is C19H25NO. The minimum Gasteiger partial charge on any atom is -0.491 e. The number of anilines is 1. The summed E-state index contributed by atoms with van der Waals surface area (Å²) in [6.07, 6.45) is 0.189. The first-order valence-corrected chi connectivity index (χ1v) is 7.65. The number of benzene rings is 2. The van der Waals surface area contributed by atoms with E-state index in [0.29, 0.717) is 5.92 Å². The highest BCUT2D eigenvalue weighted by Gasteiger charge is 2.08. The van der Waals surface area contributed by atoms with Gasteiger partial charge in [0.05, 0.1) is 6.10 Å². The van der Waals surface area contributed by atoms with Gasteiger partial charge in [-0.05, 0) is 37.5 Å². The Morgan fingerprint density at radius 2 is 1.57 bits per heavy atom. The van der Waals surface area contributed by atoms with Crippen molar-refractivity contribution in [3.05, 3.63) is 59.7 Å². The first-order chi connectivity index (χ1) is 10.1. The van der Waals surface area contributed by atoms with Gasteiger partial charge in [0.2, 0.25) is 0 Å². The van der Waals surface area contributed by atoms with Crippen LogP contribution in [0.3, 0.4) is 0 Å². The molecule has 2 nitrogen and oxygen atoms in total. The number of rotatable bonds is 6. The summed E-state index contributed by atoms with van der Waals surface area (Å²) in [5.41, 5.74) is 3.73. The maximum atomic E-state index is 5.87. The van der Waals surface area contributed by atoms with Gasteiger partial charge in [0.25, 0.3) is 0 Å². The summed E-state index contributed by atoms with van der Waals surface area (Å²) in [5, 5.41) is 3.54. The number of hydrogen-bond acceptors (Lipinski definition) is 2. The molecule has 0 saturated heterocycles. The Bertz CT molecular complexity index is 575. The largest absolute Gasteiger partial charge is 0.491 e. The third-order valence-corrected chi connectivity index (χ3v) is 3.39. The van der Waals surface area contributed by atoms with Crippen LogP contribution in [-0.2, 0) is 6.54 Å². The molecular weight excluding hydrogens is 258 g/mol. The van der Waals surface area contributed by atoms with Gasteiger partial charge in [-0.1, -0.05) is 50.2 Å². The van der Waals surface area contributed by atoms with Crippen molar-refractivity contribution in [1.82, 2.24) is 0 Å². The molecule has 0 amide bonds. The second kappa shape index (κ2) is 7.16. The van der Waals surface area contributed by atoms with Gasteiger partial charge < -0.3 is 10.1 Å². The summed E-state index contributed by atoms with van der Waals surface area (Å²) < 4.78 is 5.87. The van der Waals surface area contributed by atoms with Crippen LogP contribution in [0.2, 0.25) is 0 Å². The zero-order valence-electron chi connectivity index (χ0n) is 13.4. The fourth-order valence-corrected chi connectivity index (χ4v) is 2.37. The molecule has 1 N–H and O–H groups in total. The Balaban J connectivity index is 2.14. The van der Waals surface area contributed by atoms with Crippen LogP contribution in [0.25, 0.3) is 0 Å². The SMILES string of the molecule is CC(C)Oc1ccccc1CNc1ccccc1C(C)C. The van der Waals surface area contributed by atoms with Crippen LogP contribution in [-0.4, -0.2) is 6.10 Å². The number of para-hydroxylation sites is 2. The van der Waals surface area contributed by atoms with Crippen molar-refractivity contribution < 1.29 is 4.74 Å². The van der Waals surface area contributed by atoms with Crippen LogP contribution >= 0.6 is 0 Å². The van der Waals surface area contributed by atoms with Crippen molar-refractivity contribution in [2.45, 2.75) is 46.3 Å². The van der Waals surface area contributed by atoms with Crippen molar-refractivity contribution >= 4 is 5.69 Å². The normalized spacial score (nSPS) is 11.0. The van der Waals surface area contributed by atoms with Gasteiger partial charge in [-0.2, -0.15) is 0 Å². The second-order valence-corrected chi connectivity index (χ2v) is 5.87. The van der Waals surface area contributed by atoms with Gasteiger partial charge in [0.15, 0.2) is 0 Å². The molecule has 0 saturated carbocycles. The summed E-state index contributed by atoms with van der Waals surface area (Å²) in [6, 6.07) is 16.7. The highest BCUT2D eigenvalue weighted by atomic mass is 16.5. The predicted octanol–water partition coefficient (Wildman–Crippen LogP) is 5.21. The molecule has 0 bridgehead atoms. The Labute approximate surface area is 128 Å². The van der Waals surface area contributed by atoms with Crippen LogP contribution in [0.4, 0.5) is 5.69 Å². The summed E-state index contributed by atoms with van der Waals surface area (Å²) in [4.78, 5) is 0. The zero-order chi connectivity index (χ0) is 15.2. The molecule has 0 unspecified atom stereocenters. The fourth-order valence-electron chi connectivity index (χ4n) is 2.37. The number of hydrogen-bond donors (Lipinski definition) is 1. The third kappa shape index (κ3) is 4.25. The smallest absolute Gasteiger partial charge is 0.124 e. The van der Waals surface area contributed by atoms with Gasteiger partial charge >= 0.3 is 0 Å². The quantitative estimate of drug-likeness (QED) is 0.785. The van der Waals surface area contributed by atoms with E-state index in [1.807, 2.05) is 12.1 Å². The van der Waals surface area contributed by atoms with Crippen molar-refractivity contribution in [1.29, 1.82) is 0 Å². The van der Waals surface area contributed by atoms with Crippen LogP contribution in [0.1, 0.15) is 44.7 Å². The molecule has 0 atom stereocenters. The predicted molar refractivity (Wildman–Crippen MR) is 90.1 cm³/mol. The summed E-state index contributed by atoms with van der Waals surface area (Å²) in [7, 11) is 0. The van der Waals surface area contributed by atoms with Crippen LogP contribution in [0.5, 0.6) is 5.75 Å². The van der Waals surface area contributed by atoms with Crippen molar-refractivity contribution in [2.75, 3.05) is 5.32 Å². The summed E-state index contributed by atoms with van der Waals surface area (Å²) >= 11 is 0. The molecule has 112 valence electrons. The van der Waals surface area contributed by atoms with E-state index in [4.69, 9.17) is 4.74 Å². The van der Waals surface area contributed by atoms with Gasteiger partial charge in [-0.3, -0.25) is 0 Å². The Kier molecular flexibility index (Phi) is 5.26. The van der Waals surface area contributed by atoms with E-state index in [1.54, 1.807) is 0 Å². The van der Waals surface area contributed by atoms with E-state index in [0.717, 1.165) is 12.3 Å². The van der Waals surface area contributed by atoms with E-state index in [-0.39, 0.29) is 6.10 Å². The summed E-state index contributed by atoms with van der Waals surface area (Å²) in [5.74, 6) is 1.47. The molecule has 0 aliphatic carbocycles. The monoisotopic (exact) mass is 283 g/mol. The topological polar surface area (TPSA) is 21.3 Å². The standard InChI is InChI=1S/C19H25NO/c1-14(2)17-10-6-7-11-18(17)20-13-16-9-5-8-12-19(16)21-15(3)4/h5-12,14-15,20H,13H2,1-4H3. The molecule has 0 aromatic heterocycles. The maximum absolute atomic E-state index is 5.87. The molecule has 2 heteroatoms. The average Bonchev–Trinajstić information content (AvgIpc) is 2.46. The number of ether oxygens (including phenoxy) is 1. The van der Waals surface area contributed by atoms with Gasteiger partial charge in [-0.25, -0.2) is 0 Å². The minimum atomic E-state index is 0.189. The maximum Gasteiger partial charge on any atom is 0.124 e. The minimum absolute atomic E-state index is 0.189. The highest BCUT2D eigenvalue weighted by molar-refractivity contribution is 5.53. The molecule has 21 heavy (non-hydrogen) atoms. The van der Waals surface area contributed by atoms with Crippen LogP contribution in [0, 0.1) is 0 Å². The van der Waals surface area contributed by atoms with E-state index in [2.05, 4.69) is 69.4 Å². The van der Waals surface area contributed by atoms with Crippen LogP contribution in [0.15, 0.2) is 48.5 Å². The first-order valence-electron chi connectivity index (χ1n) is 7.65. The molecule has 2 aromatic carbocycles. The Morgan fingerprint density at radius 3 is 2.29 bits per heavy atom. The van der Waals surface area contributed by atoms with Crippen molar-refractivity contribution in [3.63, 3.8) is 0 Å². The van der Waals surface area contributed by atoms with Crippen molar-refractivity contribution in [3.8, 4) is 5.75 Å². The molecule has 0 aliphatic rings. The second-order valence-electron chi connectivity index (χ2n) is 5.87. The molecule has 0 aliphatic heterocycles. The highest BCUT2D eigenvalue weighted by Crippen LogP contribution is 2.26. The molecule has 2 aromatic rings. The van der Waals surface area contributed by atoms with Gasteiger partial charge in [0.1, 0.15) is 5.75 Å². The lowest BCUT2D eigenvalue weighted by Gasteiger charge is -2.17. The molecule has 0 radical (unpaired) electrons. The zero-order valence-corrected chi connectivity index (χ0v) is 13.4. The van der Waals surface area contributed by atoms with Gasteiger partial charge in [-0.15, -0.1) is 0 Å². The average molecular weight is 283 g/mol. The first kappa shape index (κ1) is 15.4. The lowest BCUT2D eigenvalue weighted by Crippen LogP contribution is -2.10.